The number of halogens is 3. The van der Waals surface area contributed by atoms with E-state index in [4.69, 9.17) is 4.42 Å². The summed E-state index contributed by atoms with van der Waals surface area (Å²) in [5.74, 6) is -0.784. The first-order valence-corrected chi connectivity index (χ1v) is 8.66. The van der Waals surface area contributed by atoms with Gasteiger partial charge in [-0.3, -0.25) is 9.59 Å². The van der Waals surface area contributed by atoms with Crippen molar-refractivity contribution < 1.29 is 27.2 Å². The Balaban J connectivity index is 1.74. The number of furan rings is 1. The molecule has 1 amide bonds. The molecule has 0 atom stereocenters. The lowest BCUT2D eigenvalue weighted by Gasteiger charge is -2.09. The van der Waals surface area contributed by atoms with Crippen molar-refractivity contribution in [3.8, 4) is 11.5 Å². The summed E-state index contributed by atoms with van der Waals surface area (Å²) in [7, 11) is 0. The number of carbonyl (C=O) groups is 2. The Bertz CT molecular complexity index is 1260. The molecular formula is C20H13F3N4O3. The number of Topliss-reactive ketones (excluding diaryl/α,β-unsaturated/α-hetero) is 1. The molecule has 0 unspecified atom stereocenters. The van der Waals surface area contributed by atoms with Crippen LogP contribution in [0.4, 0.5) is 18.9 Å². The zero-order chi connectivity index (χ0) is 21.5. The van der Waals surface area contributed by atoms with Gasteiger partial charge in [-0.05, 0) is 37.3 Å². The molecule has 3 heterocycles. The van der Waals surface area contributed by atoms with E-state index >= 15 is 0 Å². The number of aromatic nitrogens is 3. The number of nitrogens with one attached hydrogen (secondary N) is 1. The molecule has 0 aliphatic heterocycles. The number of nitrogens with zero attached hydrogens (tertiary/aromatic N) is 3. The Morgan fingerprint density at radius 2 is 1.90 bits per heavy atom. The smallest absolute Gasteiger partial charge is 0.433 e. The van der Waals surface area contributed by atoms with Crippen LogP contribution in [0, 0.1) is 0 Å². The number of anilines is 1. The van der Waals surface area contributed by atoms with E-state index in [1.165, 1.54) is 31.4 Å². The van der Waals surface area contributed by atoms with Crippen molar-refractivity contribution in [3.05, 3.63) is 71.7 Å². The van der Waals surface area contributed by atoms with Crippen LogP contribution in [0.15, 0.2) is 59.2 Å². The maximum atomic E-state index is 13.6. The van der Waals surface area contributed by atoms with Gasteiger partial charge >= 0.3 is 6.18 Å². The first-order valence-electron chi connectivity index (χ1n) is 8.66. The molecule has 7 nitrogen and oxygen atoms in total. The minimum atomic E-state index is -4.74. The summed E-state index contributed by atoms with van der Waals surface area (Å²) in [4.78, 5) is 28.1. The highest BCUT2D eigenvalue weighted by Crippen LogP contribution is 2.32. The second-order valence-corrected chi connectivity index (χ2v) is 6.39. The largest absolute Gasteiger partial charge is 0.463 e. The fourth-order valence-corrected chi connectivity index (χ4v) is 2.85. The lowest BCUT2D eigenvalue weighted by atomic mass is 10.1. The predicted molar refractivity (Wildman–Crippen MR) is 100 cm³/mol. The van der Waals surface area contributed by atoms with E-state index in [2.05, 4.69) is 15.4 Å². The zero-order valence-electron chi connectivity index (χ0n) is 15.4. The molecule has 0 saturated carbocycles. The Morgan fingerprint density at radius 1 is 1.10 bits per heavy atom. The highest BCUT2D eigenvalue weighted by atomic mass is 19.4. The number of ketones is 1. The summed E-state index contributed by atoms with van der Waals surface area (Å²) in [6.45, 7) is 1.38. The Hall–Kier alpha value is -3.95. The van der Waals surface area contributed by atoms with Gasteiger partial charge in [0.1, 0.15) is 5.69 Å². The monoisotopic (exact) mass is 414 g/mol. The fourth-order valence-electron chi connectivity index (χ4n) is 2.85. The molecule has 0 saturated heterocycles. The minimum Gasteiger partial charge on any atom is -0.463 e. The van der Waals surface area contributed by atoms with Crippen molar-refractivity contribution in [1.29, 1.82) is 0 Å². The molecule has 1 N–H and O–H groups in total. The van der Waals surface area contributed by atoms with Gasteiger partial charge in [0, 0.05) is 17.3 Å². The van der Waals surface area contributed by atoms with Crippen molar-refractivity contribution in [3.63, 3.8) is 0 Å². The molecule has 4 aromatic rings. The number of carbonyl (C=O) groups excluding carboxylic acids is 2. The van der Waals surface area contributed by atoms with Gasteiger partial charge in [0.2, 0.25) is 0 Å². The summed E-state index contributed by atoms with van der Waals surface area (Å²) < 4.78 is 46.4. The minimum absolute atomic E-state index is 0.0409. The van der Waals surface area contributed by atoms with Crippen molar-refractivity contribution >= 4 is 23.0 Å². The SMILES string of the molecule is CC(=O)c1cccc(NC(=O)c2cc3nc(-c4ccco4)cc(C(F)(F)F)n3n2)c1. The van der Waals surface area contributed by atoms with Crippen molar-refractivity contribution in [2.75, 3.05) is 5.32 Å². The van der Waals surface area contributed by atoms with E-state index in [9.17, 15) is 22.8 Å². The summed E-state index contributed by atoms with van der Waals surface area (Å²) in [6.07, 6.45) is -3.42. The quantitative estimate of drug-likeness (QED) is 0.498. The zero-order valence-corrected chi connectivity index (χ0v) is 15.4. The Labute approximate surface area is 167 Å². The second-order valence-electron chi connectivity index (χ2n) is 6.39. The van der Waals surface area contributed by atoms with Gasteiger partial charge in [-0.2, -0.15) is 18.3 Å². The third kappa shape index (κ3) is 3.66. The lowest BCUT2D eigenvalue weighted by molar-refractivity contribution is -0.142. The van der Waals surface area contributed by atoms with Crippen molar-refractivity contribution in [2.24, 2.45) is 0 Å². The third-order valence-corrected chi connectivity index (χ3v) is 4.25. The van der Waals surface area contributed by atoms with Gasteiger partial charge in [-0.1, -0.05) is 12.1 Å². The van der Waals surface area contributed by atoms with E-state index < -0.39 is 17.8 Å². The number of fused-ring (bicyclic) bond motifs is 1. The van der Waals surface area contributed by atoms with E-state index in [1.54, 1.807) is 18.2 Å². The molecule has 1 aromatic carbocycles. The van der Waals surface area contributed by atoms with Crippen LogP contribution in [-0.2, 0) is 6.18 Å². The van der Waals surface area contributed by atoms with Crippen LogP contribution >= 0.6 is 0 Å². The molecule has 0 aliphatic carbocycles. The molecule has 30 heavy (non-hydrogen) atoms. The highest BCUT2D eigenvalue weighted by Gasteiger charge is 2.36. The molecule has 0 radical (unpaired) electrons. The van der Waals surface area contributed by atoms with Crippen LogP contribution in [0.1, 0.15) is 33.5 Å². The van der Waals surface area contributed by atoms with Gasteiger partial charge < -0.3 is 9.73 Å². The average molecular weight is 414 g/mol. The number of amides is 1. The molecule has 0 fully saturated rings. The van der Waals surface area contributed by atoms with Crippen LogP contribution in [0.2, 0.25) is 0 Å². The van der Waals surface area contributed by atoms with Crippen LogP contribution in [0.25, 0.3) is 17.1 Å². The predicted octanol–water partition coefficient (Wildman–Crippen LogP) is 4.46. The molecule has 4 rings (SSSR count). The molecule has 0 spiro atoms. The summed E-state index contributed by atoms with van der Waals surface area (Å²) in [5.41, 5.74) is -0.883. The average Bonchev–Trinajstić information content (AvgIpc) is 3.36. The first kappa shape index (κ1) is 19.4. The van der Waals surface area contributed by atoms with E-state index in [1.807, 2.05) is 0 Å². The van der Waals surface area contributed by atoms with Gasteiger partial charge in [0.05, 0.1) is 6.26 Å². The van der Waals surface area contributed by atoms with Gasteiger partial charge in [-0.25, -0.2) is 9.50 Å². The van der Waals surface area contributed by atoms with Crippen molar-refractivity contribution in [2.45, 2.75) is 13.1 Å². The summed E-state index contributed by atoms with van der Waals surface area (Å²) in [5, 5.41) is 6.30. The summed E-state index contributed by atoms with van der Waals surface area (Å²) in [6, 6.07) is 11.1. The van der Waals surface area contributed by atoms with Crippen LogP contribution in [0.3, 0.4) is 0 Å². The van der Waals surface area contributed by atoms with E-state index in [0.717, 1.165) is 12.1 Å². The third-order valence-electron chi connectivity index (χ3n) is 4.25. The second kappa shape index (κ2) is 7.14. The van der Waals surface area contributed by atoms with E-state index in [-0.39, 0.29) is 28.6 Å². The van der Waals surface area contributed by atoms with E-state index in [0.29, 0.717) is 15.8 Å². The number of hydrogen-bond acceptors (Lipinski definition) is 5. The van der Waals surface area contributed by atoms with Gasteiger partial charge in [0.15, 0.2) is 28.6 Å². The summed E-state index contributed by atoms with van der Waals surface area (Å²) >= 11 is 0. The number of hydrogen-bond donors (Lipinski definition) is 1. The molecule has 152 valence electrons. The lowest BCUT2D eigenvalue weighted by Crippen LogP contribution is -2.16. The normalized spacial score (nSPS) is 11.6. The maximum absolute atomic E-state index is 13.6. The molecule has 0 bridgehead atoms. The van der Waals surface area contributed by atoms with Gasteiger partial charge in [0.25, 0.3) is 5.91 Å². The standard InChI is InChI=1S/C20H13F3N4O3/c1-11(28)12-4-2-5-13(8-12)24-19(29)15-10-18-25-14(16-6-3-7-30-16)9-17(20(21,22)23)27(18)26-15/h2-10H,1H3,(H,24,29). The number of alkyl halides is 3. The van der Waals surface area contributed by atoms with Crippen LogP contribution in [-0.4, -0.2) is 26.3 Å². The first-order chi connectivity index (χ1) is 14.2. The Morgan fingerprint density at radius 3 is 2.57 bits per heavy atom. The fraction of sp³-hybridized carbons (Fsp3) is 0.100. The highest BCUT2D eigenvalue weighted by molar-refractivity contribution is 6.04. The number of benzene rings is 1. The van der Waals surface area contributed by atoms with Crippen molar-refractivity contribution in [1.82, 2.24) is 14.6 Å². The molecule has 3 aromatic heterocycles. The molecule has 0 aliphatic rings. The van der Waals surface area contributed by atoms with Gasteiger partial charge in [-0.15, -0.1) is 0 Å². The Kier molecular flexibility index (Phi) is 4.61. The molecule has 10 heteroatoms. The van der Waals surface area contributed by atoms with Crippen LogP contribution in [0.5, 0.6) is 0 Å². The topological polar surface area (TPSA) is 89.5 Å². The molecular weight excluding hydrogens is 401 g/mol. The number of rotatable bonds is 4. The van der Waals surface area contributed by atoms with Crippen LogP contribution < -0.4 is 5.32 Å². The maximum Gasteiger partial charge on any atom is 0.433 e.